The van der Waals surface area contributed by atoms with Crippen LogP contribution in [0, 0.1) is 0 Å². The number of aliphatic hydroxyl groups excluding tert-OH is 1. The van der Waals surface area contributed by atoms with Crippen molar-refractivity contribution in [3.05, 3.63) is 0 Å². The van der Waals surface area contributed by atoms with Gasteiger partial charge in [-0.3, -0.25) is 4.55 Å². The maximum atomic E-state index is 11.1. The fraction of sp³-hybridized carbons (Fsp3) is 1.00. The second kappa shape index (κ2) is 17.9. The Labute approximate surface area is 169 Å². The number of hydrogen-bond acceptors (Lipinski definition) is 3. The van der Waals surface area contributed by atoms with Gasteiger partial charge >= 0.3 is 0 Å². The summed E-state index contributed by atoms with van der Waals surface area (Å²) in [5.74, 6) is 0. The first-order valence-corrected chi connectivity index (χ1v) is 13.1. The molecule has 0 aromatic rings. The Bertz CT molecular complexity index is 409. The second-order valence-corrected chi connectivity index (χ2v) is 9.86. The Kier molecular flexibility index (Phi) is 17.8. The summed E-state index contributed by atoms with van der Waals surface area (Å²) in [7, 11) is -3.90. The van der Waals surface area contributed by atoms with Gasteiger partial charge in [0.2, 0.25) is 0 Å². The predicted octanol–water partition coefficient (Wildman–Crippen LogP) is 6.67. The molecule has 2 N–H and O–H groups in total. The van der Waals surface area contributed by atoms with Crippen LogP contribution >= 0.6 is 0 Å². The largest absolute Gasteiger partial charge is 0.393 e. The Morgan fingerprint density at radius 1 is 0.630 bits per heavy atom. The van der Waals surface area contributed by atoms with Crippen molar-refractivity contribution in [2.45, 2.75) is 141 Å². The molecule has 0 aliphatic carbocycles. The topological polar surface area (TPSA) is 74.6 Å². The number of rotatable bonds is 20. The SMILES string of the molecule is CCCCCCCCCCCCCC(O)CCCCCC(CC)S(=O)(=O)O. The molecule has 5 heteroatoms. The Balaban J connectivity index is 3.39. The molecule has 4 nitrogen and oxygen atoms in total. The third-order valence-corrected chi connectivity index (χ3v) is 6.99. The molecule has 0 aromatic heterocycles. The van der Waals surface area contributed by atoms with Crippen molar-refractivity contribution < 1.29 is 18.1 Å². The van der Waals surface area contributed by atoms with Gasteiger partial charge in [0.05, 0.1) is 11.4 Å². The van der Waals surface area contributed by atoms with Gasteiger partial charge in [-0.2, -0.15) is 8.42 Å². The lowest BCUT2D eigenvalue weighted by Crippen LogP contribution is -2.19. The monoisotopic (exact) mass is 406 g/mol. The summed E-state index contributed by atoms with van der Waals surface area (Å²) in [6.45, 7) is 4.04. The molecule has 27 heavy (non-hydrogen) atoms. The molecule has 0 aliphatic heterocycles. The fourth-order valence-corrected chi connectivity index (χ4v) is 4.57. The summed E-state index contributed by atoms with van der Waals surface area (Å²) in [5.41, 5.74) is 0. The fourth-order valence-electron chi connectivity index (χ4n) is 3.68. The highest BCUT2D eigenvalue weighted by atomic mass is 32.2. The molecule has 0 spiro atoms. The minimum absolute atomic E-state index is 0.216. The maximum Gasteiger partial charge on any atom is 0.267 e. The highest BCUT2D eigenvalue weighted by molar-refractivity contribution is 7.86. The van der Waals surface area contributed by atoms with E-state index in [0.29, 0.717) is 12.8 Å². The minimum Gasteiger partial charge on any atom is -0.393 e. The van der Waals surface area contributed by atoms with Gasteiger partial charge in [-0.15, -0.1) is 0 Å². The smallest absolute Gasteiger partial charge is 0.267 e. The summed E-state index contributed by atoms with van der Waals surface area (Å²) < 4.78 is 31.4. The van der Waals surface area contributed by atoms with Crippen LogP contribution in [-0.4, -0.2) is 29.4 Å². The number of hydrogen-bond donors (Lipinski definition) is 2. The molecule has 0 radical (unpaired) electrons. The summed E-state index contributed by atoms with van der Waals surface area (Å²) in [4.78, 5) is 0. The van der Waals surface area contributed by atoms with Crippen LogP contribution in [0.2, 0.25) is 0 Å². The molecule has 164 valence electrons. The van der Waals surface area contributed by atoms with E-state index in [1.165, 1.54) is 64.2 Å². The highest BCUT2D eigenvalue weighted by Gasteiger charge is 2.19. The van der Waals surface area contributed by atoms with Crippen LogP contribution in [0.4, 0.5) is 0 Å². The predicted molar refractivity (Wildman–Crippen MR) is 116 cm³/mol. The molecule has 0 fully saturated rings. The Morgan fingerprint density at radius 2 is 1.00 bits per heavy atom. The second-order valence-electron chi connectivity index (χ2n) is 8.16. The van der Waals surface area contributed by atoms with E-state index in [2.05, 4.69) is 6.92 Å². The molecule has 0 aliphatic rings. The first-order chi connectivity index (χ1) is 12.9. The zero-order valence-electron chi connectivity index (χ0n) is 18.0. The molecule has 0 saturated heterocycles. The molecular weight excluding hydrogens is 360 g/mol. The van der Waals surface area contributed by atoms with Gasteiger partial charge in [-0.25, -0.2) is 0 Å². The quantitative estimate of drug-likeness (QED) is 0.175. The molecule has 0 bridgehead atoms. The van der Waals surface area contributed by atoms with Crippen molar-refractivity contribution in [3.63, 3.8) is 0 Å². The van der Waals surface area contributed by atoms with Crippen LogP contribution in [0.1, 0.15) is 129 Å². The van der Waals surface area contributed by atoms with Crippen molar-refractivity contribution in [1.82, 2.24) is 0 Å². The van der Waals surface area contributed by atoms with Crippen molar-refractivity contribution in [2.24, 2.45) is 0 Å². The molecule has 0 saturated carbocycles. The van der Waals surface area contributed by atoms with Crippen LogP contribution in [0.3, 0.4) is 0 Å². The lowest BCUT2D eigenvalue weighted by Gasteiger charge is -2.12. The standard InChI is InChI=1S/C22H46O4S/c1-3-5-6-7-8-9-10-11-12-13-15-18-21(23)19-16-14-17-20-22(4-2)27(24,25)26/h21-23H,3-20H2,1-2H3,(H,24,25,26). The van der Waals surface area contributed by atoms with E-state index in [9.17, 15) is 13.5 Å². The molecule has 2 unspecified atom stereocenters. The molecule has 0 heterocycles. The van der Waals surface area contributed by atoms with Crippen LogP contribution in [0.5, 0.6) is 0 Å². The first-order valence-electron chi connectivity index (χ1n) is 11.6. The van der Waals surface area contributed by atoms with Crippen molar-refractivity contribution >= 4 is 10.1 Å². The molecule has 0 aromatic carbocycles. The summed E-state index contributed by atoms with van der Waals surface area (Å²) in [5, 5.41) is 9.41. The molecule has 0 rings (SSSR count). The van der Waals surface area contributed by atoms with Crippen LogP contribution in [0.25, 0.3) is 0 Å². The van der Waals surface area contributed by atoms with Crippen LogP contribution in [-0.2, 0) is 10.1 Å². The van der Waals surface area contributed by atoms with Gasteiger partial charge < -0.3 is 5.11 Å². The van der Waals surface area contributed by atoms with E-state index in [0.717, 1.165) is 38.5 Å². The molecule has 2 atom stereocenters. The summed E-state index contributed by atoms with van der Waals surface area (Å²) >= 11 is 0. The van der Waals surface area contributed by atoms with E-state index in [-0.39, 0.29) is 6.10 Å². The van der Waals surface area contributed by atoms with E-state index in [1.54, 1.807) is 6.92 Å². The minimum atomic E-state index is -3.90. The Hall–Kier alpha value is -0.130. The average molecular weight is 407 g/mol. The lowest BCUT2D eigenvalue weighted by atomic mass is 10.0. The van der Waals surface area contributed by atoms with Crippen molar-refractivity contribution in [1.29, 1.82) is 0 Å². The van der Waals surface area contributed by atoms with E-state index in [4.69, 9.17) is 4.55 Å². The average Bonchev–Trinajstić information content (AvgIpc) is 2.61. The molecular formula is C22H46O4S. The van der Waals surface area contributed by atoms with E-state index >= 15 is 0 Å². The first kappa shape index (κ1) is 26.9. The van der Waals surface area contributed by atoms with Gasteiger partial charge in [-0.1, -0.05) is 104 Å². The summed E-state index contributed by atoms with van der Waals surface area (Å²) in [6.07, 6.45) is 19.7. The third kappa shape index (κ3) is 17.7. The van der Waals surface area contributed by atoms with Gasteiger partial charge in [0.1, 0.15) is 0 Å². The van der Waals surface area contributed by atoms with E-state index < -0.39 is 15.4 Å². The third-order valence-electron chi connectivity index (χ3n) is 5.58. The van der Waals surface area contributed by atoms with Crippen molar-refractivity contribution in [3.8, 4) is 0 Å². The normalized spacial score (nSPS) is 14.4. The zero-order valence-corrected chi connectivity index (χ0v) is 18.8. The van der Waals surface area contributed by atoms with E-state index in [1.807, 2.05) is 0 Å². The van der Waals surface area contributed by atoms with Crippen LogP contribution < -0.4 is 0 Å². The summed E-state index contributed by atoms with van der Waals surface area (Å²) in [6, 6.07) is 0. The highest BCUT2D eigenvalue weighted by Crippen LogP contribution is 2.17. The van der Waals surface area contributed by atoms with Crippen molar-refractivity contribution in [2.75, 3.05) is 0 Å². The number of aliphatic hydroxyl groups is 1. The number of unbranched alkanes of at least 4 members (excludes halogenated alkanes) is 12. The Morgan fingerprint density at radius 3 is 1.41 bits per heavy atom. The van der Waals surface area contributed by atoms with Gasteiger partial charge in [-0.05, 0) is 25.7 Å². The van der Waals surface area contributed by atoms with Gasteiger partial charge in [0.15, 0.2) is 0 Å². The zero-order chi connectivity index (χ0) is 20.4. The molecule has 0 amide bonds. The maximum absolute atomic E-state index is 11.1. The van der Waals surface area contributed by atoms with Gasteiger partial charge in [0, 0.05) is 0 Å². The van der Waals surface area contributed by atoms with Gasteiger partial charge in [0.25, 0.3) is 10.1 Å². The van der Waals surface area contributed by atoms with Crippen LogP contribution in [0.15, 0.2) is 0 Å². The lowest BCUT2D eigenvalue weighted by molar-refractivity contribution is 0.147.